The molecule has 0 rings (SSSR count). The van der Waals surface area contributed by atoms with Gasteiger partial charge in [-0.1, -0.05) is 22.6 Å². The molecule has 0 aromatic rings. The third-order valence-electron chi connectivity index (χ3n) is 0.761. The Hall–Kier alpha value is 0.650. The molecule has 8 heavy (non-hydrogen) atoms. The van der Waals surface area contributed by atoms with Crippen LogP contribution in [0.25, 0.3) is 0 Å². The quantitative estimate of drug-likeness (QED) is 0.557. The molecule has 0 saturated carbocycles. The van der Waals surface area contributed by atoms with Crippen molar-refractivity contribution in [3.8, 4) is 0 Å². The van der Waals surface area contributed by atoms with Crippen LogP contribution in [0.2, 0.25) is 0 Å². The van der Waals surface area contributed by atoms with Gasteiger partial charge in [0.2, 0.25) is 0 Å². The van der Waals surface area contributed by atoms with Gasteiger partial charge >= 0.3 is 0 Å². The summed E-state index contributed by atoms with van der Waals surface area (Å²) >= 11 is 2.23. The monoisotopic (exact) mass is 229 g/mol. The Kier molecular flexibility index (Phi) is 4.89. The van der Waals surface area contributed by atoms with Gasteiger partial charge in [0.25, 0.3) is 0 Å². The van der Waals surface area contributed by atoms with Crippen LogP contribution in [0.15, 0.2) is 0 Å². The fourth-order valence-electron chi connectivity index (χ4n) is 0.454. The number of aliphatic hydroxyl groups excluding tert-OH is 1. The summed E-state index contributed by atoms with van der Waals surface area (Å²) in [5.41, 5.74) is 0. The highest BCUT2D eigenvalue weighted by Crippen LogP contribution is 1.98. The van der Waals surface area contributed by atoms with E-state index in [0.29, 0.717) is 3.92 Å². The molecule has 2 nitrogen and oxygen atoms in total. The first kappa shape index (κ1) is 8.65. The summed E-state index contributed by atoms with van der Waals surface area (Å²) in [7, 11) is 4.00. The largest absolute Gasteiger partial charge is 0.395 e. The molecular weight excluding hydrogens is 217 g/mol. The molecule has 0 fully saturated rings. The number of alkyl halides is 1. The van der Waals surface area contributed by atoms with Crippen LogP contribution in [-0.2, 0) is 0 Å². The lowest BCUT2D eigenvalue weighted by Crippen LogP contribution is -2.23. The molecular formula is C5H12INO. The van der Waals surface area contributed by atoms with Crippen LogP contribution >= 0.6 is 22.6 Å². The summed E-state index contributed by atoms with van der Waals surface area (Å²) in [4.78, 5) is 2.06. The van der Waals surface area contributed by atoms with Crippen molar-refractivity contribution in [2.24, 2.45) is 0 Å². The van der Waals surface area contributed by atoms with Gasteiger partial charge in [-0.15, -0.1) is 0 Å². The minimum atomic E-state index is 0.277. The van der Waals surface area contributed by atoms with Gasteiger partial charge in [0.1, 0.15) is 0 Å². The third-order valence-corrected chi connectivity index (χ3v) is 1.55. The maximum absolute atomic E-state index is 8.55. The maximum atomic E-state index is 8.55. The number of aliphatic hydroxyl groups is 1. The lowest BCUT2D eigenvalue weighted by molar-refractivity contribution is 0.275. The fourth-order valence-corrected chi connectivity index (χ4v) is 1.24. The van der Waals surface area contributed by atoms with E-state index in [2.05, 4.69) is 27.5 Å². The average Bonchev–Trinajstić information content (AvgIpc) is 1.65. The minimum Gasteiger partial charge on any atom is -0.395 e. The van der Waals surface area contributed by atoms with Crippen LogP contribution in [0, 0.1) is 0 Å². The van der Waals surface area contributed by atoms with E-state index in [1.54, 1.807) is 0 Å². The molecule has 0 aliphatic carbocycles. The van der Waals surface area contributed by atoms with E-state index < -0.39 is 0 Å². The molecule has 0 aromatic heterocycles. The maximum Gasteiger partial charge on any atom is 0.0561 e. The zero-order chi connectivity index (χ0) is 6.57. The molecule has 50 valence electrons. The van der Waals surface area contributed by atoms with E-state index in [0.717, 1.165) is 6.54 Å². The summed E-state index contributed by atoms with van der Waals surface area (Å²) in [5, 5.41) is 8.55. The van der Waals surface area contributed by atoms with Gasteiger partial charge < -0.3 is 10.0 Å². The Labute approximate surface area is 64.0 Å². The molecule has 0 saturated heterocycles. The van der Waals surface area contributed by atoms with Gasteiger partial charge in [-0.25, -0.2) is 0 Å². The lowest BCUT2D eigenvalue weighted by Gasteiger charge is -2.11. The van der Waals surface area contributed by atoms with Crippen molar-refractivity contribution in [2.75, 3.05) is 27.2 Å². The molecule has 0 amide bonds. The summed E-state index contributed by atoms with van der Waals surface area (Å²) in [6, 6.07) is 0. The Morgan fingerprint density at radius 1 is 1.62 bits per heavy atom. The van der Waals surface area contributed by atoms with Gasteiger partial charge in [-0.3, -0.25) is 0 Å². The van der Waals surface area contributed by atoms with E-state index in [4.69, 9.17) is 5.11 Å². The van der Waals surface area contributed by atoms with Crippen molar-refractivity contribution >= 4 is 22.6 Å². The van der Waals surface area contributed by atoms with Crippen molar-refractivity contribution in [3.63, 3.8) is 0 Å². The zero-order valence-electron chi connectivity index (χ0n) is 5.26. The van der Waals surface area contributed by atoms with Crippen LogP contribution in [0.3, 0.4) is 0 Å². The van der Waals surface area contributed by atoms with Crippen molar-refractivity contribution in [2.45, 2.75) is 3.92 Å². The molecule has 0 heterocycles. The van der Waals surface area contributed by atoms with Gasteiger partial charge in [0.15, 0.2) is 0 Å². The smallest absolute Gasteiger partial charge is 0.0561 e. The molecule has 1 atom stereocenters. The van der Waals surface area contributed by atoms with E-state index >= 15 is 0 Å². The predicted molar refractivity (Wildman–Crippen MR) is 43.4 cm³/mol. The van der Waals surface area contributed by atoms with E-state index in [1.807, 2.05) is 14.1 Å². The Morgan fingerprint density at radius 2 is 2.12 bits per heavy atom. The SMILES string of the molecule is CN(C)CC(I)CO. The second-order valence-electron chi connectivity index (χ2n) is 2.04. The van der Waals surface area contributed by atoms with Crippen molar-refractivity contribution in [1.29, 1.82) is 0 Å². The first-order valence-electron chi connectivity index (χ1n) is 2.56. The Morgan fingerprint density at radius 3 is 2.25 bits per heavy atom. The van der Waals surface area contributed by atoms with Gasteiger partial charge in [-0.2, -0.15) is 0 Å². The third kappa shape index (κ3) is 4.80. The average molecular weight is 229 g/mol. The predicted octanol–water partition coefficient (Wildman–Crippen LogP) is 0.344. The normalized spacial score (nSPS) is 14.6. The number of halogens is 1. The van der Waals surface area contributed by atoms with Crippen LogP contribution in [0.4, 0.5) is 0 Å². The number of rotatable bonds is 3. The van der Waals surface area contributed by atoms with Crippen LogP contribution < -0.4 is 0 Å². The Bertz CT molecular complexity index is 58.4. The topological polar surface area (TPSA) is 23.5 Å². The molecule has 0 aliphatic rings. The van der Waals surface area contributed by atoms with Gasteiger partial charge in [0.05, 0.1) is 6.61 Å². The first-order valence-corrected chi connectivity index (χ1v) is 3.81. The summed E-state index contributed by atoms with van der Waals surface area (Å²) in [5.74, 6) is 0. The highest BCUT2D eigenvalue weighted by molar-refractivity contribution is 14.1. The number of hydrogen-bond acceptors (Lipinski definition) is 2. The standard InChI is InChI=1S/C5H12INO/c1-7(2)3-5(6)4-8/h5,8H,3-4H2,1-2H3. The second kappa shape index (κ2) is 4.52. The van der Waals surface area contributed by atoms with Crippen LogP contribution in [0.5, 0.6) is 0 Å². The first-order chi connectivity index (χ1) is 3.66. The second-order valence-corrected chi connectivity index (χ2v) is 3.80. The number of hydrogen-bond donors (Lipinski definition) is 1. The van der Waals surface area contributed by atoms with Gasteiger partial charge in [-0.05, 0) is 14.1 Å². The molecule has 0 aromatic carbocycles. The van der Waals surface area contributed by atoms with E-state index in [9.17, 15) is 0 Å². The summed E-state index contributed by atoms with van der Waals surface area (Å²) in [6.07, 6.45) is 0. The molecule has 0 bridgehead atoms. The molecule has 0 aliphatic heterocycles. The number of nitrogens with zero attached hydrogens (tertiary/aromatic N) is 1. The highest BCUT2D eigenvalue weighted by Gasteiger charge is 2.00. The van der Waals surface area contributed by atoms with Crippen molar-refractivity contribution < 1.29 is 5.11 Å². The van der Waals surface area contributed by atoms with Crippen LogP contribution in [0.1, 0.15) is 0 Å². The summed E-state index contributed by atoms with van der Waals surface area (Å²) in [6.45, 7) is 1.23. The lowest BCUT2D eigenvalue weighted by atomic mass is 10.4. The van der Waals surface area contributed by atoms with Gasteiger partial charge in [0, 0.05) is 10.5 Å². The minimum absolute atomic E-state index is 0.277. The Balaban J connectivity index is 3.10. The molecule has 0 radical (unpaired) electrons. The van der Waals surface area contributed by atoms with Crippen molar-refractivity contribution in [1.82, 2.24) is 4.90 Å². The molecule has 3 heteroatoms. The molecule has 1 N–H and O–H groups in total. The van der Waals surface area contributed by atoms with E-state index in [1.165, 1.54) is 0 Å². The van der Waals surface area contributed by atoms with E-state index in [-0.39, 0.29) is 6.61 Å². The van der Waals surface area contributed by atoms with Crippen molar-refractivity contribution in [3.05, 3.63) is 0 Å². The molecule has 0 spiro atoms. The molecule has 1 unspecified atom stereocenters. The fraction of sp³-hybridized carbons (Fsp3) is 1.00. The summed E-state index contributed by atoms with van der Waals surface area (Å²) < 4.78 is 0.377. The zero-order valence-corrected chi connectivity index (χ0v) is 7.42. The highest BCUT2D eigenvalue weighted by atomic mass is 127. The van der Waals surface area contributed by atoms with Crippen LogP contribution in [-0.4, -0.2) is 41.2 Å².